The van der Waals surface area contributed by atoms with Crippen molar-refractivity contribution in [1.29, 1.82) is 5.26 Å². The van der Waals surface area contributed by atoms with Crippen molar-refractivity contribution in [2.24, 2.45) is 0 Å². The first kappa shape index (κ1) is 17.0. The van der Waals surface area contributed by atoms with Crippen LogP contribution in [-0.2, 0) is 0 Å². The lowest BCUT2D eigenvalue weighted by molar-refractivity contribution is 0.104. The highest BCUT2D eigenvalue weighted by Crippen LogP contribution is 2.52. The number of carbonyl (C=O) groups is 1. The number of rotatable bonds is 0. The van der Waals surface area contributed by atoms with Crippen LogP contribution in [0.3, 0.4) is 0 Å². The Labute approximate surface area is 163 Å². The number of phenols is 1. The zero-order valence-electron chi connectivity index (χ0n) is 14.7. The smallest absolute Gasteiger partial charge is 0.197 e. The van der Waals surface area contributed by atoms with Gasteiger partial charge in [-0.15, -0.1) is 0 Å². The largest absolute Gasteiger partial charge is 0.507 e. The van der Waals surface area contributed by atoms with E-state index in [0.717, 1.165) is 12.1 Å². The fourth-order valence-electron chi connectivity index (χ4n) is 4.08. The van der Waals surface area contributed by atoms with Gasteiger partial charge in [0.25, 0.3) is 0 Å². The van der Waals surface area contributed by atoms with Gasteiger partial charge in [0, 0.05) is 46.2 Å². The van der Waals surface area contributed by atoms with Crippen molar-refractivity contribution in [2.75, 3.05) is 0 Å². The van der Waals surface area contributed by atoms with Crippen LogP contribution in [0.2, 0.25) is 0 Å². The molecular formula is C23H10F2N2O2. The Morgan fingerprint density at radius 2 is 1.79 bits per heavy atom. The molecule has 2 aromatic carbocycles. The van der Waals surface area contributed by atoms with Gasteiger partial charge in [0.05, 0.1) is 22.9 Å². The lowest BCUT2D eigenvalue weighted by atomic mass is 9.93. The minimum atomic E-state index is -0.982. The third-order valence-electron chi connectivity index (χ3n) is 5.15. The highest BCUT2D eigenvalue weighted by atomic mass is 19.1. The van der Waals surface area contributed by atoms with Crippen molar-refractivity contribution in [3.05, 3.63) is 94.2 Å². The van der Waals surface area contributed by atoms with Crippen molar-refractivity contribution in [3.63, 3.8) is 0 Å². The summed E-state index contributed by atoms with van der Waals surface area (Å²) in [5, 5.41) is 19.7. The van der Waals surface area contributed by atoms with E-state index in [9.17, 15) is 23.9 Å². The monoisotopic (exact) mass is 384 g/mol. The van der Waals surface area contributed by atoms with Crippen LogP contribution < -0.4 is 0 Å². The molecule has 4 nitrogen and oxygen atoms in total. The van der Waals surface area contributed by atoms with Crippen LogP contribution in [0.4, 0.5) is 8.78 Å². The predicted molar refractivity (Wildman–Crippen MR) is 102 cm³/mol. The third kappa shape index (κ3) is 2.21. The fourth-order valence-corrected chi connectivity index (χ4v) is 4.08. The van der Waals surface area contributed by atoms with E-state index in [1.165, 1.54) is 6.07 Å². The first-order chi connectivity index (χ1) is 14.0. The van der Waals surface area contributed by atoms with E-state index in [4.69, 9.17) is 0 Å². The molecule has 0 atom stereocenters. The maximum Gasteiger partial charge on any atom is 0.197 e. The first-order valence-corrected chi connectivity index (χ1v) is 8.69. The second-order valence-electron chi connectivity index (χ2n) is 6.68. The van der Waals surface area contributed by atoms with Crippen LogP contribution in [0.25, 0.3) is 22.4 Å². The van der Waals surface area contributed by atoms with Gasteiger partial charge in [0.1, 0.15) is 17.4 Å². The Bertz CT molecular complexity index is 1360. The zero-order valence-corrected chi connectivity index (χ0v) is 14.7. The molecule has 0 aliphatic heterocycles. The molecule has 3 aromatic rings. The number of aromatic hydroxyl groups is 1. The molecule has 2 aliphatic carbocycles. The number of benzene rings is 2. The average molecular weight is 384 g/mol. The van der Waals surface area contributed by atoms with Crippen LogP contribution >= 0.6 is 0 Å². The Morgan fingerprint density at radius 3 is 2.59 bits per heavy atom. The SMILES string of the molecule is N#C/C=C1/C(=C2/c3cccnc3-c3c(O)cccc32)C(=O)c2c(F)cc(F)cc21. The topological polar surface area (TPSA) is 74.0 Å². The molecule has 1 aromatic heterocycles. The minimum absolute atomic E-state index is 0.0101. The molecule has 6 heteroatoms. The number of nitriles is 1. The molecule has 0 spiro atoms. The number of hydrogen-bond acceptors (Lipinski definition) is 4. The van der Waals surface area contributed by atoms with Gasteiger partial charge in [-0.1, -0.05) is 18.2 Å². The van der Waals surface area contributed by atoms with Crippen molar-refractivity contribution in [2.45, 2.75) is 0 Å². The predicted octanol–water partition coefficient (Wildman–Crippen LogP) is 4.65. The number of halogens is 2. The maximum absolute atomic E-state index is 14.5. The lowest BCUT2D eigenvalue weighted by Gasteiger charge is -2.08. The highest BCUT2D eigenvalue weighted by molar-refractivity contribution is 6.32. The molecule has 0 amide bonds. The van der Waals surface area contributed by atoms with Crippen LogP contribution in [0.5, 0.6) is 5.75 Å². The number of pyridine rings is 1. The third-order valence-corrected chi connectivity index (χ3v) is 5.15. The summed E-state index contributed by atoms with van der Waals surface area (Å²) < 4.78 is 28.4. The van der Waals surface area contributed by atoms with E-state index in [1.54, 1.807) is 30.5 Å². The molecule has 1 N–H and O–H groups in total. The van der Waals surface area contributed by atoms with Gasteiger partial charge in [0.15, 0.2) is 5.78 Å². The van der Waals surface area contributed by atoms with Crippen molar-refractivity contribution in [3.8, 4) is 23.1 Å². The number of carbonyl (C=O) groups excluding carboxylic acids is 1. The van der Waals surface area contributed by atoms with Crippen molar-refractivity contribution >= 4 is 16.9 Å². The maximum atomic E-state index is 14.5. The Balaban J connectivity index is 1.94. The van der Waals surface area contributed by atoms with E-state index >= 15 is 0 Å². The number of phenolic OH excluding ortho intramolecular Hbond substituents is 1. The molecule has 0 bridgehead atoms. The summed E-state index contributed by atoms with van der Waals surface area (Å²) in [5.74, 6) is -2.47. The quantitative estimate of drug-likeness (QED) is 0.354. The van der Waals surface area contributed by atoms with Crippen molar-refractivity contribution < 1.29 is 18.7 Å². The number of Topliss-reactive ketones (excluding diaryl/α,β-unsaturated/α-hetero) is 1. The number of fused-ring (bicyclic) bond motifs is 4. The fraction of sp³-hybridized carbons (Fsp3) is 0. The molecular weight excluding hydrogens is 374 g/mol. The zero-order chi connectivity index (χ0) is 20.3. The number of ketones is 1. The van der Waals surface area contributed by atoms with E-state index in [1.807, 2.05) is 6.07 Å². The molecule has 5 rings (SSSR count). The number of nitrogens with zero attached hydrogens (tertiary/aromatic N) is 2. The second-order valence-corrected chi connectivity index (χ2v) is 6.68. The molecule has 0 fully saturated rings. The molecule has 2 aliphatic rings. The van der Waals surface area contributed by atoms with Crippen LogP contribution in [0, 0.1) is 23.0 Å². The standard InChI is InChI=1S/C23H10F2N2O2/c24-11-9-15-12(6-7-26)21(23(29)19(15)16(25)10-11)18-13-3-1-5-17(28)20(13)22-14(18)4-2-8-27-22/h1-6,8-10,28H/b12-6+,21-18-. The summed E-state index contributed by atoms with van der Waals surface area (Å²) in [6.07, 6.45) is 2.68. The highest BCUT2D eigenvalue weighted by Gasteiger charge is 2.39. The average Bonchev–Trinajstić information content (AvgIpc) is 3.15. The minimum Gasteiger partial charge on any atom is -0.507 e. The van der Waals surface area contributed by atoms with Gasteiger partial charge in [-0.25, -0.2) is 8.78 Å². The summed E-state index contributed by atoms with van der Waals surface area (Å²) in [5.41, 5.74) is 2.49. The van der Waals surface area contributed by atoms with Gasteiger partial charge in [0.2, 0.25) is 0 Å². The Kier molecular flexibility index (Phi) is 3.49. The molecule has 0 saturated heterocycles. The molecule has 0 saturated carbocycles. The number of allylic oxidation sites excluding steroid dienone is 3. The van der Waals surface area contributed by atoms with Crippen LogP contribution in [0.1, 0.15) is 27.0 Å². The Morgan fingerprint density at radius 1 is 1.00 bits per heavy atom. The van der Waals surface area contributed by atoms with Gasteiger partial charge in [-0.2, -0.15) is 5.26 Å². The van der Waals surface area contributed by atoms with Crippen LogP contribution in [-0.4, -0.2) is 15.9 Å². The summed E-state index contributed by atoms with van der Waals surface area (Å²) in [7, 11) is 0. The normalized spacial score (nSPS) is 17.8. The van der Waals surface area contributed by atoms with Gasteiger partial charge in [-0.3, -0.25) is 9.78 Å². The van der Waals surface area contributed by atoms with E-state index in [2.05, 4.69) is 4.98 Å². The lowest BCUT2D eigenvalue weighted by Crippen LogP contribution is -2.02. The number of aromatic nitrogens is 1. The van der Waals surface area contributed by atoms with Gasteiger partial charge >= 0.3 is 0 Å². The van der Waals surface area contributed by atoms with Gasteiger partial charge in [-0.05, 0) is 23.8 Å². The van der Waals surface area contributed by atoms with E-state index in [-0.39, 0.29) is 28.0 Å². The molecule has 0 unspecified atom stereocenters. The van der Waals surface area contributed by atoms with E-state index < -0.39 is 17.4 Å². The first-order valence-electron chi connectivity index (χ1n) is 8.69. The van der Waals surface area contributed by atoms with Crippen molar-refractivity contribution in [1.82, 2.24) is 4.98 Å². The van der Waals surface area contributed by atoms with Crippen LogP contribution in [0.15, 0.2) is 60.3 Å². The second kappa shape index (κ2) is 5.94. The molecule has 0 radical (unpaired) electrons. The van der Waals surface area contributed by atoms with Gasteiger partial charge < -0.3 is 5.11 Å². The summed E-state index contributed by atoms with van der Waals surface area (Å²) >= 11 is 0. The van der Waals surface area contributed by atoms with E-state index in [0.29, 0.717) is 34.0 Å². The summed E-state index contributed by atoms with van der Waals surface area (Å²) in [4.78, 5) is 17.6. The number of hydrogen-bond donors (Lipinski definition) is 1. The molecule has 29 heavy (non-hydrogen) atoms. The summed E-state index contributed by atoms with van der Waals surface area (Å²) in [6.45, 7) is 0. The molecule has 138 valence electrons. The Hall–Kier alpha value is -4.11. The molecule has 1 heterocycles. The summed E-state index contributed by atoms with van der Waals surface area (Å²) in [6, 6.07) is 11.8.